The zero-order valence-electron chi connectivity index (χ0n) is 10.6. The van der Waals surface area contributed by atoms with Crippen LogP contribution >= 0.6 is 12.4 Å². The molecule has 0 aliphatic heterocycles. The van der Waals surface area contributed by atoms with Crippen LogP contribution in [0.25, 0.3) is 10.8 Å². The Bertz CT molecular complexity index is 513. The first-order valence-electron chi connectivity index (χ1n) is 6.20. The fourth-order valence-electron chi connectivity index (χ4n) is 2.21. The fraction of sp³-hybridized carbons (Fsp3) is 0.333. The van der Waals surface area contributed by atoms with E-state index in [9.17, 15) is 5.11 Å². The zero-order valence-corrected chi connectivity index (χ0v) is 11.4. The Labute approximate surface area is 114 Å². The molecular formula is C15H20ClNO. The Morgan fingerprint density at radius 2 is 1.78 bits per heavy atom. The van der Waals surface area contributed by atoms with Crippen molar-refractivity contribution in [2.45, 2.75) is 32.2 Å². The van der Waals surface area contributed by atoms with Crippen molar-refractivity contribution in [1.29, 1.82) is 0 Å². The molecule has 0 saturated carbocycles. The molecule has 1 atom stereocenters. The first-order valence-corrected chi connectivity index (χ1v) is 6.20. The topological polar surface area (TPSA) is 46.2 Å². The van der Waals surface area contributed by atoms with Gasteiger partial charge < -0.3 is 10.8 Å². The van der Waals surface area contributed by atoms with Gasteiger partial charge in [-0.25, -0.2) is 0 Å². The SMILES string of the molecule is CCCC[C@@H](N)c1ccc(O)c2ccccc12.Cl. The van der Waals surface area contributed by atoms with E-state index in [1.165, 1.54) is 0 Å². The normalized spacial score (nSPS) is 12.1. The number of unbranched alkanes of at least 4 members (excludes halogenated alkanes) is 1. The summed E-state index contributed by atoms with van der Waals surface area (Å²) in [6.07, 6.45) is 3.28. The van der Waals surface area contributed by atoms with Crippen LogP contribution in [-0.4, -0.2) is 5.11 Å². The molecule has 0 fully saturated rings. The fourth-order valence-corrected chi connectivity index (χ4v) is 2.21. The van der Waals surface area contributed by atoms with Crippen molar-refractivity contribution in [3.63, 3.8) is 0 Å². The molecule has 0 aromatic heterocycles. The number of fused-ring (bicyclic) bond motifs is 1. The molecule has 3 heteroatoms. The van der Waals surface area contributed by atoms with Crippen molar-refractivity contribution in [3.8, 4) is 5.75 Å². The number of aromatic hydroxyl groups is 1. The van der Waals surface area contributed by atoms with Crippen molar-refractivity contribution >= 4 is 23.2 Å². The van der Waals surface area contributed by atoms with Gasteiger partial charge >= 0.3 is 0 Å². The third-order valence-electron chi connectivity index (χ3n) is 3.20. The van der Waals surface area contributed by atoms with Crippen LogP contribution in [0.5, 0.6) is 5.75 Å². The van der Waals surface area contributed by atoms with Crippen LogP contribution in [0.1, 0.15) is 37.8 Å². The predicted octanol–water partition coefficient (Wildman–Crippen LogP) is 4.16. The van der Waals surface area contributed by atoms with Gasteiger partial charge in [0.05, 0.1) is 0 Å². The van der Waals surface area contributed by atoms with Gasteiger partial charge in [0.15, 0.2) is 0 Å². The lowest BCUT2D eigenvalue weighted by molar-refractivity contribution is 0.481. The Kier molecular flexibility index (Phi) is 5.45. The second-order valence-corrected chi connectivity index (χ2v) is 4.47. The van der Waals surface area contributed by atoms with Gasteiger partial charge in [-0.1, -0.05) is 50.1 Å². The van der Waals surface area contributed by atoms with Crippen molar-refractivity contribution in [2.75, 3.05) is 0 Å². The van der Waals surface area contributed by atoms with Gasteiger partial charge in [0.2, 0.25) is 0 Å². The standard InChI is InChI=1S/C15H19NO.ClH/c1-2-3-8-14(16)12-9-10-15(17)13-7-5-4-6-11(12)13;/h4-7,9-10,14,17H,2-3,8,16H2,1H3;1H/t14-;/m1./s1. The molecule has 3 N–H and O–H groups in total. The van der Waals surface area contributed by atoms with Crippen molar-refractivity contribution in [2.24, 2.45) is 5.73 Å². The molecular weight excluding hydrogens is 246 g/mol. The highest BCUT2D eigenvalue weighted by molar-refractivity contribution is 5.91. The van der Waals surface area contributed by atoms with Crippen LogP contribution in [-0.2, 0) is 0 Å². The van der Waals surface area contributed by atoms with Crippen LogP contribution in [0.15, 0.2) is 36.4 Å². The highest BCUT2D eigenvalue weighted by atomic mass is 35.5. The summed E-state index contributed by atoms with van der Waals surface area (Å²) < 4.78 is 0. The van der Waals surface area contributed by atoms with E-state index in [1.54, 1.807) is 6.07 Å². The van der Waals surface area contributed by atoms with Crippen LogP contribution in [0.3, 0.4) is 0 Å². The van der Waals surface area contributed by atoms with E-state index in [-0.39, 0.29) is 18.4 Å². The lowest BCUT2D eigenvalue weighted by atomic mass is 9.95. The molecule has 2 rings (SSSR count). The third-order valence-corrected chi connectivity index (χ3v) is 3.20. The molecule has 2 aromatic rings. The molecule has 2 nitrogen and oxygen atoms in total. The Morgan fingerprint density at radius 1 is 1.11 bits per heavy atom. The molecule has 0 amide bonds. The minimum Gasteiger partial charge on any atom is -0.507 e. The summed E-state index contributed by atoms with van der Waals surface area (Å²) in [5.41, 5.74) is 7.35. The summed E-state index contributed by atoms with van der Waals surface area (Å²) in [6, 6.07) is 11.6. The number of hydrogen-bond acceptors (Lipinski definition) is 2. The quantitative estimate of drug-likeness (QED) is 0.872. The number of phenols is 1. The summed E-state index contributed by atoms with van der Waals surface area (Å²) in [6.45, 7) is 2.17. The zero-order chi connectivity index (χ0) is 12.3. The van der Waals surface area contributed by atoms with Crippen molar-refractivity contribution in [3.05, 3.63) is 42.0 Å². The number of halogens is 1. The van der Waals surface area contributed by atoms with E-state index < -0.39 is 0 Å². The van der Waals surface area contributed by atoms with E-state index in [2.05, 4.69) is 6.92 Å². The van der Waals surface area contributed by atoms with Crippen LogP contribution < -0.4 is 5.73 Å². The van der Waals surface area contributed by atoms with E-state index >= 15 is 0 Å². The van der Waals surface area contributed by atoms with E-state index in [4.69, 9.17) is 5.73 Å². The van der Waals surface area contributed by atoms with Gasteiger partial charge in [0.1, 0.15) is 5.75 Å². The minimum atomic E-state index is 0. The maximum Gasteiger partial charge on any atom is 0.123 e. The summed E-state index contributed by atoms with van der Waals surface area (Å²) in [5, 5.41) is 11.8. The third kappa shape index (κ3) is 2.95. The first-order chi connectivity index (χ1) is 8.24. The van der Waals surface area contributed by atoms with Gasteiger partial charge in [0.25, 0.3) is 0 Å². The molecule has 0 spiro atoms. The smallest absolute Gasteiger partial charge is 0.123 e. The van der Waals surface area contributed by atoms with E-state index in [0.717, 1.165) is 35.6 Å². The van der Waals surface area contributed by atoms with Crippen LogP contribution in [0.4, 0.5) is 0 Å². The molecule has 0 aliphatic carbocycles. The number of nitrogens with two attached hydrogens (primary N) is 1. The average molecular weight is 266 g/mol. The first kappa shape index (κ1) is 14.8. The molecule has 0 heterocycles. The van der Waals surface area contributed by atoms with Crippen molar-refractivity contribution < 1.29 is 5.11 Å². The van der Waals surface area contributed by atoms with E-state index in [0.29, 0.717) is 5.75 Å². The molecule has 18 heavy (non-hydrogen) atoms. The van der Waals surface area contributed by atoms with Crippen LogP contribution in [0, 0.1) is 0 Å². The number of phenolic OH excluding ortho intramolecular Hbond substituents is 1. The number of hydrogen-bond donors (Lipinski definition) is 2. The number of rotatable bonds is 4. The highest BCUT2D eigenvalue weighted by Gasteiger charge is 2.10. The van der Waals surface area contributed by atoms with Crippen molar-refractivity contribution in [1.82, 2.24) is 0 Å². The van der Waals surface area contributed by atoms with Gasteiger partial charge in [0, 0.05) is 11.4 Å². The Morgan fingerprint density at radius 3 is 2.44 bits per heavy atom. The largest absolute Gasteiger partial charge is 0.507 e. The van der Waals surface area contributed by atoms with Crippen LogP contribution in [0.2, 0.25) is 0 Å². The Balaban J connectivity index is 0.00000162. The maximum absolute atomic E-state index is 9.81. The minimum absolute atomic E-state index is 0. The molecule has 2 aromatic carbocycles. The average Bonchev–Trinajstić information content (AvgIpc) is 2.37. The van der Waals surface area contributed by atoms with Gasteiger partial charge in [-0.2, -0.15) is 0 Å². The predicted molar refractivity (Wildman–Crippen MR) is 79.3 cm³/mol. The summed E-state index contributed by atoms with van der Waals surface area (Å²) in [7, 11) is 0. The highest BCUT2D eigenvalue weighted by Crippen LogP contribution is 2.31. The molecule has 0 saturated heterocycles. The second kappa shape index (κ2) is 6.62. The van der Waals surface area contributed by atoms with Gasteiger partial charge in [-0.05, 0) is 23.4 Å². The van der Waals surface area contributed by atoms with E-state index in [1.807, 2.05) is 30.3 Å². The second-order valence-electron chi connectivity index (χ2n) is 4.47. The molecule has 0 radical (unpaired) electrons. The molecule has 0 unspecified atom stereocenters. The number of benzene rings is 2. The monoisotopic (exact) mass is 265 g/mol. The molecule has 98 valence electrons. The maximum atomic E-state index is 9.81. The lowest BCUT2D eigenvalue weighted by Crippen LogP contribution is -2.10. The summed E-state index contributed by atoms with van der Waals surface area (Å²) in [5.74, 6) is 0.326. The van der Waals surface area contributed by atoms with Gasteiger partial charge in [-0.3, -0.25) is 0 Å². The lowest BCUT2D eigenvalue weighted by Gasteiger charge is -2.15. The molecule has 0 bridgehead atoms. The summed E-state index contributed by atoms with van der Waals surface area (Å²) in [4.78, 5) is 0. The molecule has 0 aliphatic rings. The summed E-state index contributed by atoms with van der Waals surface area (Å²) >= 11 is 0. The van der Waals surface area contributed by atoms with Gasteiger partial charge in [-0.15, -0.1) is 12.4 Å². The Hall–Kier alpha value is -1.25.